The summed E-state index contributed by atoms with van der Waals surface area (Å²) >= 11 is 3.51. The first-order valence-corrected chi connectivity index (χ1v) is 13.9. The summed E-state index contributed by atoms with van der Waals surface area (Å²) in [5.74, 6) is 1.81. The van der Waals surface area contributed by atoms with Crippen molar-refractivity contribution in [1.29, 1.82) is 0 Å². The molecule has 1 aliphatic heterocycles. The molecule has 5 heteroatoms. The van der Waals surface area contributed by atoms with E-state index in [1.54, 1.807) is 0 Å². The van der Waals surface area contributed by atoms with Gasteiger partial charge >= 0.3 is 5.97 Å². The number of hydrogen-bond donors (Lipinski definition) is 1. The van der Waals surface area contributed by atoms with Gasteiger partial charge in [-0.05, 0) is 83.1 Å². The maximum Gasteiger partial charge on any atom is 0.316 e. The first kappa shape index (κ1) is 27.1. The molecule has 3 rings (SSSR count). The lowest BCUT2D eigenvalue weighted by Gasteiger charge is -2.47. The van der Waals surface area contributed by atoms with E-state index in [0.717, 1.165) is 35.0 Å². The van der Waals surface area contributed by atoms with Crippen molar-refractivity contribution in [3.8, 4) is 11.5 Å². The molecule has 34 heavy (non-hydrogen) atoms. The molecule has 0 unspecified atom stereocenters. The van der Waals surface area contributed by atoms with Crippen LogP contribution in [-0.4, -0.2) is 22.0 Å². The summed E-state index contributed by atoms with van der Waals surface area (Å²) in [6.45, 7) is 14.4. The quantitative estimate of drug-likeness (QED) is 0.207. The average Bonchev–Trinajstić information content (AvgIpc) is 2.71. The number of rotatable bonds is 8. The van der Waals surface area contributed by atoms with E-state index in [-0.39, 0.29) is 28.8 Å². The molecule has 0 radical (unpaired) electrons. The number of ether oxygens (including phenoxy) is 2. The van der Waals surface area contributed by atoms with Gasteiger partial charge in [-0.15, -0.1) is 0 Å². The summed E-state index contributed by atoms with van der Waals surface area (Å²) in [6.07, 6.45) is 9.30. The van der Waals surface area contributed by atoms with Crippen molar-refractivity contribution in [2.24, 2.45) is 11.3 Å². The molecule has 1 heterocycles. The molecule has 0 saturated carbocycles. The summed E-state index contributed by atoms with van der Waals surface area (Å²) in [4.78, 5) is 12.5. The average molecular weight is 536 g/mol. The van der Waals surface area contributed by atoms with Gasteiger partial charge in [-0.2, -0.15) is 0 Å². The molecule has 2 atom stereocenters. The maximum atomic E-state index is 12.5. The lowest BCUT2D eigenvalue weighted by atomic mass is 9.67. The summed E-state index contributed by atoms with van der Waals surface area (Å²) in [6, 6.07) is 4.08. The highest BCUT2D eigenvalue weighted by molar-refractivity contribution is 9.09. The van der Waals surface area contributed by atoms with Gasteiger partial charge in [0.1, 0.15) is 22.9 Å². The topological polar surface area (TPSA) is 55.8 Å². The molecule has 0 aromatic heterocycles. The van der Waals surface area contributed by atoms with Gasteiger partial charge in [-0.3, -0.25) is 4.79 Å². The van der Waals surface area contributed by atoms with Gasteiger partial charge in [-0.25, -0.2) is 0 Å². The predicted octanol–water partition coefficient (Wildman–Crippen LogP) is 8.15. The fourth-order valence-corrected chi connectivity index (χ4v) is 5.67. The number of phenolic OH excluding ortho intramolecular Hbond substituents is 1. The fraction of sp³-hybridized carbons (Fsp3) is 0.690. The van der Waals surface area contributed by atoms with E-state index < -0.39 is 5.41 Å². The molecule has 0 bridgehead atoms. The van der Waals surface area contributed by atoms with Gasteiger partial charge in [0.25, 0.3) is 0 Å². The zero-order chi connectivity index (χ0) is 25.3. The number of unbranched alkanes of at least 4 members (excludes halogenated alkanes) is 3. The molecule has 1 aromatic rings. The lowest BCUT2D eigenvalue weighted by Crippen LogP contribution is -2.45. The normalized spacial score (nSPS) is 21.7. The number of allylic oxidation sites excluding steroid dienone is 2. The Hall–Kier alpha value is -1.49. The third-order valence-electron chi connectivity index (χ3n) is 7.57. The molecule has 190 valence electrons. The van der Waals surface area contributed by atoms with Crippen LogP contribution in [0.15, 0.2) is 24.0 Å². The van der Waals surface area contributed by atoms with E-state index in [1.807, 2.05) is 32.9 Å². The van der Waals surface area contributed by atoms with Gasteiger partial charge in [-0.1, -0.05) is 49.0 Å². The van der Waals surface area contributed by atoms with Crippen LogP contribution in [0.5, 0.6) is 11.5 Å². The van der Waals surface area contributed by atoms with E-state index in [1.165, 1.54) is 25.7 Å². The number of hydrogen-bond acceptors (Lipinski definition) is 4. The molecule has 0 fully saturated rings. The Morgan fingerprint density at radius 1 is 1.15 bits per heavy atom. The number of halogens is 1. The molecule has 0 amide bonds. The Morgan fingerprint density at radius 3 is 2.47 bits per heavy atom. The number of esters is 1. The number of benzene rings is 1. The second kappa shape index (κ2) is 10.2. The van der Waals surface area contributed by atoms with E-state index in [4.69, 9.17) is 9.47 Å². The van der Waals surface area contributed by atoms with E-state index >= 15 is 0 Å². The molecule has 1 aromatic carbocycles. The molecule has 2 aliphatic rings. The molecular formula is C29H43BrO4. The zero-order valence-corrected chi connectivity index (χ0v) is 23.7. The number of alkyl halides is 1. The SMILES string of the molecule is CC(C)(C)C(=O)OC1=CC[C@@H]2[C@@H](C1)c1c(O)cc(C(C)(C)CCCCCCBr)cc1OC2(C)C. The second-order valence-corrected chi connectivity index (χ2v) is 13.1. The van der Waals surface area contributed by atoms with Crippen LogP contribution >= 0.6 is 15.9 Å². The third kappa shape index (κ3) is 6.01. The van der Waals surface area contributed by atoms with Gasteiger partial charge in [0, 0.05) is 29.2 Å². The van der Waals surface area contributed by atoms with Crippen LogP contribution in [0, 0.1) is 11.3 Å². The highest BCUT2D eigenvalue weighted by atomic mass is 79.9. The summed E-state index contributed by atoms with van der Waals surface area (Å²) in [7, 11) is 0. The first-order valence-electron chi connectivity index (χ1n) is 12.8. The van der Waals surface area contributed by atoms with Crippen molar-refractivity contribution >= 4 is 21.9 Å². The Morgan fingerprint density at radius 2 is 1.82 bits per heavy atom. The Labute approximate surface area is 214 Å². The number of carbonyl (C=O) groups is 1. The lowest BCUT2D eigenvalue weighted by molar-refractivity contribution is -0.149. The van der Waals surface area contributed by atoms with Crippen molar-refractivity contribution in [3.05, 3.63) is 35.1 Å². The molecular weight excluding hydrogens is 492 g/mol. The monoisotopic (exact) mass is 534 g/mol. The smallest absolute Gasteiger partial charge is 0.316 e. The molecule has 1 aliphatic carbocycles. The van der Waals surface area contributed by atoms with Crippen LogP contribution in [0.3, 0.4) is 0 Å². The fourth-order valence-electron chi connectivity index (χ4n) is 5.27. The highest BCUT2D eigenvalue weighted by Crippen LogP contribution is 2.55. The maximum absolute atomic E-state index is 12.5. The molecule has 1 N–H and O–H groups in total. The summed E-state index contributed by atoms with van der Waals surface area (Å²) < 4.78 is 12.3. The van der Waals surface area contributed by atoms with Crippen LogP contribution < -0.4 is 4.74 Å². The van der Waals surface area contributed by atoms with Gasteiger partial charge in [0.05, 0.1) is 5.41 Å². The van der Waals surface area contributed by atoms with Crippen LogP contribution in [0.1, 0.15) is 110 Å². The number of carbonyl (C=O) groups excluding carboxylic acids is 1. The number of fused-ring (bicyclic) bond motifs is 3. The predicted molar refractivity (Wildman–Crippen MR) is 142 cm³/mol. The summed E-state index contributed by atoms with van der Waals surface area (Å²) in [5, 5.41) is 12.3. The second-order valence-electron chi connectivity index (χ2n) is 12.3. The largest absolute Gasteiger partial charge is 0.508 e. The van der Waals surface area contributed by atoms with Crippen LogP contribution in [0.2, 0.25) is 0 Å². The van der Waals surface area contributed by atoms with Crippen LogP contribution in [-0.2, 0) is 14.9 Å². The van der Waals surface area contributed by atoms with E-state index in [0.29, 0.717) is 17.9 Å². The minimum absolute atomic E-state index is 0.0490. The minimum Gasteiger partial charge on any atom is -0.508 e. The summed E-state index contributed by atoms with van der Waals surface area (Å²) in [5.41, 5.74) is 0.994. The first-order chi connectivity index (χ1) is 15.8. The Kier molecular flexibility index (Phi) is 8.17. The minimum atomic E-state index is -0.554. The third-order valence-corrected chi connectivity index (χ3v) is 8.13. The van der Waals surface area contributed by atoms with Crippen molar-refractivity contribution in [2.75, 3.05) is 5.33 Å². The number of phenols is 1. The van der Waals surface area contributed by atoms with Crippen molar-refractivity contribution in [2.45, 2.75) is 110 Å². The van der Waals surface area contributed by atoms with Crippen molar-refractivity contribution in [3.63, 3.8) is 0 Å². The van der Waals surface area contributed by atoms with Crippen molar-refractivity contribution < 1.29 is 19.4 Å². The molecule has 0 saturated heterocycles. The molecule has 0 spiro atoms. The van der Waals surface area contributed by atoms with Gasteiger partial charge in [0.2, 0.25) is 0 Å². The van der Waals surface area contributed by atoms with E-state index in [9.17, 15) is 9.90 Å². The van der Waals surface area contributed by atoms with Crippen LogP contribution in [0.25, 0.3) is 0 Å². The Bertz CT molecular complexity index is 923. The number of aromatic hydroxyl groups is 1. The van der Waals surface area contributed by atoms with Gasteiger partial charge in [0.15, 0.2) is 0 Å². The Balaban J connectivity index is 1.86. The standard InChI is InChI=1S/C29H43BrO4/c1-27(2,3)26(32)33-20-12-13-22-21(18-20)25-23(31)16-19(17-24(25)34-29(22,6)7)28(4,5)14-10-8-9-11-15-30/h12,16-17,21-22,31H,8-11,13-15,18H2,1-7H3/t21-,22-/m1/s1. The molecule has 4 nitrogen and oxygen atoms in total. The zero-order valence-electron chi connectivity index (χ0n) is 22.1. The van der Waals surface area contributed by atoms with Crippen molar-refractivity contribution in [1.82, 2.24) is 0 Å². The van der Waals surface area contributed by atoms with Crippen LogP contribution in [0.4, 0.5) is 0 Å². The van der Waals surface area contributed by atoms with E-state index in [2.05, 4.69) is 49.7 Å². The highest BCUT2D eigenvalue weighted by Gasteiger charge is 2.47. The van der Waals surface area contributed by atoms with Gasteiger partial charge < -0.3 is 14.6 Å².